The van der Waals surface area contributed by atoms with Crippen LogP contribution in [0.2, 0.25) is 0 Å². The second-order valence-electron chi connectivity index (χ2n) is 4.96. The molecule has 0 spiro atoms. The van der Waals surface area contributed by atoms with Crippen LogP contribution in [-0.2, 0) is 14.8 Å². The molecule has 1 aliphatic heterocycles. The summed E-state index contributed by atoms with van der Waals surface area (Å²) in [5.41, 5.74) is 5.65. The van der Waals surface area contributed by atoms with Gasteiger partial charge >= 0.3 is 0 Å². The minimum atomic E-state index is -3.47. The highest BCUT2D eigenvalue weighted by Crippen LogP contribution is 2.26. The Labute approximate surface area is 138 Å². The molecule has 1 aromatic carbocycles. The fraction of sp³-hybridized carbons (Fsp3) is 0.571. The third kappa shape index (κ3) is 4.33. The maximum Gasteiger partial charge on any atom is 0.243 e. The number of halogens is 1. The van der Waals surface area contributed by atoms with Gasteiger partial charge in [0.15, 0.2) is 0 Å². The second kappa shape index (κ2) is 8.69. The molecule has 1 heterocycles. The highest BCUT2D eigenvalue weighted by atomic mass is 35.5. The molecule has 126 valence electrons. The third-order valence-corrected chi connectivity index (χ3v) is 5.55. The fourth-order valence-electron chi connectivity index (χ4n) is 2.45. The molecule has 0 amide bonds. The normalized spacial score (nSPS) is 18.9. The standard InChI is InChI=1S/C14H22N2O4S.ClH/c1-19-9-10-20-13-4-6-14(7-5-13)21(17,18)16-8-2-3-12(16)11-15;/h4-7,12H,2-3,8-11,15H2,1H3;1H. The van der Waals surface area contributed by atoms with E-state index in [1.807, 2.05) is 0 Å². The Balaban J connectivity index is 0.00000242. The maximum atomic E-state index is 12.6. The summed E-state index contributed by atoms with van der Waals surface area (Å²) >= 11 is 0. The predicted octanol–water partition coefficient (Wildman–Crippen LogP) is 1.25. The number of methoxy groups -OCH3 is 1. The van der Waals surface area contributed by atoms with E-state index in [1.54, 1.807) is 31.4 Å². The van der Waals surface area contributed by atoms with Crippen molar-refractivity contribution in [2.45, 2.75) is 23.8 Å². The Bertz CT molecular complexity index is 550. The smallest absolute Gasteiger partial charge is 0.243 e. The van der Waals surface area contributed by atoms with Crippen molar-refractivity contribution in [2.75, 3.05) is 33.4 Å². The van der Waals surface area contributed by atoms with Gasteiger partial charge in [0, 0.05) is 26.2 Å². The monoisotopic (exact) mass is 350 g/mol. The van der Waals surface area contributed by atoms with E-state index in [0.29, 0.717) is 32.1 Å². The molecule has 0 aromatic heterocycles. The lowest BCUT2D eigenvalue weighted by atomic mass is 10.2. The third-order valence-electron chi connectivity index (χ3n) is 3.58. The molecular weight excluding hydrogens is 328 g/mol. The average Bonchev–Trinajstić information content (AvgIpc) is 2.97. The zero-order valence-corrected chi connectivity index (χ0v) is 14.2. The highest BCUT2D eigenvalue weighted by Gasteiger charge is 2.34. The van der Waals surface area contributed by atoms with Crippen LogP contribution in [0, 0.1) is 0 Å². The van der Waals surface area contributed by atoms with Crippen molar-refractivity contribution in [3.05, 3.63) is 24.3 Å². The zero-order chi connectivity index (χ0) is 15.3. The van der Waals surface area contributed by atoms with Gasteiger partial charge < -0.3 is 15.2 Å². The number of hydrogen-bond donors (Lipinski definition) is 1. The highest BCUT2D eigenvalue weighted by molar-refractivity contribution is 7.89. The first kappa shape index (κ1) is 19.2. The van der Waals surface area contributed by atoms with E-state index < -0.39 is 10.0 Å². The van der Waals surface area contributed by atoms with Gasteiger partial charge in [-0.15, -0.1) is 12.4 Å². The van der Waals surface area contributed by atoms with E-state index in [-0.39, 0.29) is 23.3 Å². The largest absolute Gasteiger partial charge is 0.491 e. The zero-order valence-electron chi connectivity index (χ0n) is 12.6. The molecule has 8 heteroatoms. The molecule has 1 unspecified atom stereocenters. The molecule has 6 nitrogen and oxygen atoms in total. The van der Waals surface area contributed by atoms with Crippen molar-refractivity contribution in [2.24, 2.45) is 5.73 Å². The SMILES string of the molecule is COCCOc1ccc(S(=O)(=O)N2CCCC2CN)cc1.Cl. The van der Waals surface area contributed by atoms with Crippen molar-refractivity contribution in [1.82, 2.24) is 4.31 Å². The van der Waals surface area contributed by atoms with Crippen molar-refractivity contribution < 1.29 is 17.9 Å². The summed E-state index contributed by atoms with van der Waals surface area (Å²) in [5.74, 6) is 0.628. The lowest BCUT2D eigenvalue weighted by molar-refractivity contribution is 0.146. The first-order valence-electron chi connectivity index (χ1n) is 7.03. The van der Waals surface area contributed by atoms with Crippen LogP contribution in [0.5, 0.6) is 5.75 Å². The Kier molecular flexibility index (Phi) is 7.58. The fourth-order valence-corrected chi connectivity index (χ4v) is 4.15. The molecule has 22 heavy (non-hydrogen) atoms. The summed E-state index contributed by atoms with van der Waals surface area (Å²) < 4.78 is 37.0. The minimum Gasteiger partial charge on any atom is -0.491 e. The first-order chi connectivity index (χ1) is 10.1. The lowest BCUT2D eigenvalue weighted by Crippen LogP contribution is -2.39. The summed E-state index contributed by atoms with van der Waals surface area (Å²) in [6, 6.07) is 6.38. The summed E-state index contributed by atoms with van der Waals surface area (Å²) in [7, 11) is -1.87. The van der Waals surface area contributed by atoms with Gasteiger partial charge in [-0.25, -0.2) is 8.42 Å². The number of sulfonamides is 1. The van der Waals surface area contributed by atoms with Crippen molar-refractivity contribution in [3.63, 3.8) is 0 Å². The van der Waals surface area contributed by atoms with Gasteiger partial charge in [0.1, 0.15) is 12.4 Å². The van der Waals surface area contributed by atoms with Crippen LogP contribution >= 0.6 is 12.4 Å². The van der Waals surface area contributed by atoms with E-state index in [0.717, 1.165) is 12.8 Å². The quantitative estimate of drug-likeness (QED) is 0.748. The molecule has 1 aliphatic rings. The van der Waals surface area contributed by atoms with Crippen LogP contribution in [0.3, 0.4) is 0 Å². The maximum absolute atomic E-state index is 12.6. The molecule has 1 saturated heterocycles. The van der Waals surface area contributed by atoms with Crippen LogP contribution < -0.4 is 10.5 Å². The van der Waals surface area contributed by atoms with Crippen molar-refractivity contribution >= 4 is 22.4 Å². The van der Waals surface area contributed by atoms with Gasteiger partial charge in [0.25, 0.3) is 0 Å². The van der Waals surface area contributed by atoms with Crippen LogP contribution in [0.4, 0.5) is 0 Å². The van der Waals surface area contributed by atoms with Gasteiger partial charge in [-0.3, -0.25) is 0 Å². The summed E-state index contributed by atoms with van der Waals surface area (Å²) in [5, 5.41) is 0. The van der Waals surface area contributed by atoms with E-state index >= 15 is 0 Å². The van der Waals surface area contributed by atoms with Gasteiger partial charge in [-0.2, -0.15) is 4.31 Å². The van der Waals surface area contributed by atoms with Crippen LogP contribution in [0.25, 0.3) is 0 Å². The van der Waals surface area contributed by atoms with E-state index in [2.05, 4.69) is 0 Å². The molecule has 1 atom stereocenters. The average molecular weight is 351 g/mol. The van der Waals surface area contributed by atoms with Crippen LogP contribution in [0.1, 0.15) is 12.8 Å². The van der Waals surface area contributed by atoms with Gasteiger partial charge in [0.2, 0.25) is 10.0 Å². The Morgan fingerprint density at radius 1 is 1.27 bits per heavy atom. The second-order valence-corrected chi connectivity index (χ2v) is 6.85. The van der Waals surface area contributed by atoms with E-state index in [4.69, 9.17) is 15.2 Å². The van der Waals surface area contributed by atoms with Gasteiger partial charge in [-0.05, 0) is 37.1 Å². The number of hydrogen-bond acceptors (Lipinski definition) is 5. The molecule has 2 rings (SSSR count). The summed E-state index contributed by atoms with van der Waals surface area (Å²) in [4.78, 5) is 0.280. The van der Waals surface area contributed by atoms with Gasteiger partial charge in [-0.1, -0.05) is 0 Å². The molecule has 0 saturated carbocycles. The topological polar surface area (TPSA) is 81.9 Å². The van der Waals surface area contributed by atoms with Crippen LogP contribution in [-0.4, -0.2) is 52.2 Å². The number of nitrogens with zero attached hydrogens (tertiary/aromatic N) is 1. The van der Waals surface area contributed by atoms with Gasteiger partial charge in [0.05, 0.1) is 11.5 Å². The first-order valence-corrected chi connectivity index (χ1v) is 8.47. The van der Waals surface area contributed by atoms with Crippen molar-refractivity contribution in [1.29, 1.82) is 0 Å². The number of nitrogens with two attached hydrogens (primary N) is 1. The van der Waals surface area contributed by atoms with Crippen molar-refractivity contribution in [3.8, 4) is 5.75 Å². The molecule has 1 fully saturated rings. The Hall–Kier alpha value is -0.860. The number of benzene rings is 1. The Morgan fingerprint density at radius 3 is 2.55 bits per heavy atom. The summed E-state index contributed by atoms with van der Waals surface area (Å²) in [6.45, 7) is 1.82. The minimum absolute atomic E-state index is 0. The van der Waals surface area contributed by atoms with Crippen LogP contribution in [0.15, 0.2) is 29.2 Å². The molecule has 0 bridgehead atoms. The molecule has 1 aromatic rings. The Morgan fingerprint density at radius 2 is 1.95 bits per heavy atom. The van der Waals surface area contributed by atoms with E-state index in [9.17, 15) is 8.42 Å². The molecular formula is C14H23ClN2O4S. The predicted molar refractivity (Wildman–Crippen MR) is 87.0 cm³/mol. The number of ether oxygens (including phenoxy) is 2. The lowest BCUT2D eigenvalue weighted by Gasteiger charge is -2.22. The summed E-state index contributed by atoms with van der Waals surface area (Å²) in [6.07, 6.45) is 1.69. The molecule has 2 N–H and O–H groups in total. The molecule has 0 radical (unpaired) electrons. The molecule has 0 aliphatic carbocycles. The van der Waals surface area contributed by atoms with E-state index in [1.165, 1.54) is 4.31 Å². The number of rotatable bonds is 7.